The van der Waals surface area contributed by atoms with Crippen molar-refractivity contribution in [1.82, 2.24) is 24.7 Å². The van der Waals surface area contributed by atoms with Crippen molar-refractivity contribution in [3.05, 3.63) is 18.6 Å². The molecule has 0 saturated carbocycles. The molecule has 0 saturated heterocycles. The number of nitrogens with two attached hydrogens (primary N) is 1. The molecule has 2 aromatic rings. The molecule has 2 aromatic heterocycles. The quantitative estimate of drug-likeness (QED) is 0.762. The van der Waals surface area contributed by atoms with E-state index in [0.29, 0.717) is 12.4 Å². The third kappa shape index (κ3) is 1.85. The average molecular weight is 206 g/mol. The second-order valence-electron chi connectivity index (χ2n) is 2.66. The summed E-state index contributed by atoms with van der Waals surface area (Å²) in [6.07, 6.45) is 3.01. The molecule has 7 nitrogen and oxygen atoms in total. The van der Waals surface area contributed by atoms with Gasteiger partial charge in [0.05, 0.1) is 6.61 Å². The molecule has 0 fully saturated rings. The average Bonchev–Trinajstić information content (AvgIpc) is 2.61. The van der Waals surface area contributed by atoms with Gasteiger partial charge in [0.25, 0.3) is 0 Å². The first-order valence-electron chi connectivity index (χ1n) is 4.43. The van der Waals surface area contributed by atoms with E-state index in [-0.39, 0.29) is 12.0 Å². The van der Waals surface area contributed by atoms with Gasteiger partial charge in [-0.05, 0) is 6.92 Å². The Hall–Kier alpha value is -2.18. The van der Waals surface area contributed by atoms with Crippen molar-refractivity contribution < 1.29 is 4.74 Å². The SMILES string of the molecule is CCOc1nc(N)n(-c2ccncn2)n1. The first-order valence-corrected chi connectivity index (χ1v) is 4.43. The Morgan fingerprint density at radius 1 is 1.53 bits per heavy atom. The summed E-state index contributed by atoms with van der Waals surface area (Å²) < 4.78 is 6.52. The zero-order valence-corrected chi connectivity index (χ0v) is 8.16. The molecule has 0 aromatic carbocycles. The van der Waals surface area contributed by atoms with Crippen LogP contribution in [0.1, 0.15) is 6.92 Å². The van der Waals surface area contributed by atoms with Crippen LogP contribution in [-0.2, 0) is 0 Å². The topological polar surface area (TPSA) is 91.7 Å². The van der Waals surface area contributed by atoms with Gasteiger partial charge in [-0.3, -0.25) is 0 Å². The second kappa shape index (κ2) is 3.91. The standard InChI is InChI=1S/C8H10N6O/c1-2-15-8-12-7(9)14(13-8)6-3-4-10-5-11-6/h3-5H,2H2,1H3,(H2,9,12,13). The summed E-state index contributed by atoms with van der Waals surface area (Å²) >= 11 is 0. The maximum absolute atomic E-state index is 5.65. The van der Waals surface area contributed by atoms with Crippen molar-refractivity contribution in [2.75, 3.05) is 12.3 Å². The minimum absolute atomic E-state index is 0.233. The third-order valence-electron chi connectivity index (χ3n) is 1.67. The van der Waals surface area contributed by atoms with Crippen molar-refractivity contribution in [1.29, 1.82) is 0 Å². The molecule has 0 bridgehead atoms. The highest BCUT2D eigenvalue weighted by Gasteiger charge is 2.09. The Labute approximate surface area is 85.9 Å². The fourth-order valence-corrected chi connectivity index (χ4v) is 1.07. The molecule has 2 N–H and O–H groups in total. The molecule has 0 aliphatic rings. The van der Waals surface area contributed by atoms with Crippen LogP contribution in [0.15, 0.2) is 18.6 Å². The molecule has 78 valence electrons. The Kier molecular flexibility index (Phi) is 2.44. The lowest BCUT2D eigenvalue weighted by Gasteiger charge is -1.98. The zero-order valence-electron chi connectivity index (χ0n) is 8.16. The van der Waals surface area contributed by atoms with Gasteiger partial charge in [-0.25, -0.2) is 9.97 Å². The molecule has 2 rings (SSSR count). The summed E-state index contributed by atoms with van der Waals surface area (Å²) in [5.41, 5.74) is 5.65. The van der Waals surface area contributed by atoms with Crippen LogP contribution in [0.25, 0.3) is 5.82 Å². The van der Waals surface area contributed by atoms with E-state index in [4.69, 9.17) is 10.5 Å². The number of hydrogen-bond donors (Lipinski definition) is 1. The van der Waals surface area contributed by atoms with Gasteiger partial charge < -0.3 is 10.5 Å². The summed E-state index contributed by atoms with van der Waals surface area (Å²) in [6.45, 7) is 2.34. The van der Waals surface area contributed by atoms with Gasteiger partial charge in [0, 0.05) is 12.3 Å². The van der Waals surface area contributed by atoms with Crippen LogP contribution in [0.4, 0.5) is 5.95 Å². The molecule has 7 heteroatoms. The maximum Gasteiger partial charge on any atom is 0.337 e. The van der Waals surface area contributed by atoms with Crippen LogP contribution in [0, 0.1) is 0 Å². The number of nitrogen functional groups attached to an aromatic ring is 1. The van der Waals surface area contributed by atoms with Gasteiger partial charge in [-0.15, -0.1) is 5.10 Å². The minimum atomic E-state index is 0.233. The number of nitrogens with zero attached hydrogens (tertiary/aromatic N) is 5. The molecule has 0 aliphatic heterocycles. The molecule has 0 atom stereocenters. The highest BCUT2D eigenvalue weighted by Crippen LogP contribution is 2.11. The van der Waals surface area contributed by atoms with E-state index < -0.39 is 0 Å². The van der Waals surface area contributed by atoms with Crippen LogP contribution in [0.2, 0.25) is 0 Å². The number of ether oxygens (including phenoxy) is 1. The molecule has 15 heavy (non-hydrogen) atoms. The van der Waals surface area contributed by atoms with Crippen LogP contribution < -0.4 is 10.5 Å². The summed E-state index contributed by atoms with van der Waals surface area (Å²) in [7, 11) is 0. The number of hydrogen-bond acceptors (Lipinski definition) is 6. The van der Waals surface area contributed by atoms with E-state index in [1.54, 1.807) is 12.3 Å². The molecule has 0 radical (unpaired) electrons. The van der Waals surface area contributed by atoms with Crippen molar-refractivity contribution in [2.24, 2.45) is 0 Å². The van der Waals surface area contributed by atoms with Crippen LogP contribution in [0.5, 0.6) is 6.01 Å². The molecule has 0 aliphatic carbocycles. The van der Waals surface area contributed by atoms with E-state index in [1.165, 1.54) is 11.0 Å². The van der Waals surface area contributed by atoms with Crippen molar-refractivity contribution in [3.8, 4) is 11.8 Å². The lowest BCUT2D eigenvalue weighted by atomic mass is 10.6. The largest absolute Gasteiger partial charge is 0.463 e. The van der Waals surface area contributed by atoms with Crippen molar-refractivity contribution in [2.45, 2.75) is 6.92 Å². The molecule has 2 heterocycles. The normalized spacial score (nSPS) is 10.2. The third-order valence-corrected chi connectivity index (χ3v) is 1.67. The number of rotatable bonds is 3. The van der Waals surface area contributed by atoms with Gasteiger partial charge in [-0.1, -0.05) is 0 Å². The smallest absolute Gasteiger partial charge is 0.337 e. The zero-order chi connectivity index (χ0) is 10.7. The molecule has 0 spiro atoms. The highest BCUT2D eigenvalue weighted by molar-refractivity contribution is 5.31. The van der Waals surface area contributed by atoms with Gasteiger partial charge in [0.2, 0.25) is 5.95 Å². The Bertz CT molecular complexity index is 440. The van der Waals surface area contributed by atoms with Gasteiger partial charge in [0.1, 0.15) is 6.33 Å². The van der Waals surface area contributed by atoms with Gasteiger partial charge >= 0.3 is 6.01 Å². The summed E-state index contributed by atoms with van der Waals surface area (Å²) in [5, 5.41) is 4.04. The maximum atomic E-state index is 5.65. The Balaban J connectivity index is 2.36. The lowest BCUT2D eigenvalue weighted by molar-refractivity contribution is 0.312. The minimum Gasteiger partial charge on any atom is -0.463 e. The van der Waals surface area contributed by atoms with E-state index >= 15 is 0 Å². The monoisotopic (exact) mass is 206 g/mol. The fraction of sp³-hybridized carbons (Fsp3) is 0.250. The van der Waals surface area contributed by atoms with Crippen LogP contribution in [-0.4, -0.2) is 31.3 Å². The molecular formula is C8H10N6O. The van der Waals surface area contributed by atoms with E-state index in [1.807, 2.05) is 6.92 Å². The summed E-state index contributed by atoms with van der Waals surface area (Å²) in [4.78, 5) is 11.7. The number of aromatic nitrogens is 5. The first-order chi connectivity index (χ1) is 7.31. The van der Waals surface area contributed by atoms with E-state index in [2.05, 4.69) is 20.1 Å². The molecule has 0 unspecified atom stereocenters. The lowest BCUT2D eigenvalue weighted by Crippen LogP contribution is -2.04. The van der Waals surface area contributed by atoms with Crippen molar-refractivity contribution >= 4 is 5.95 Å². The predicted octanol–water partition coefficient (Wildman–Crippen LogP) is 0.0382. The van der Waals surface area contributed by atoms with Gasteiger partial charge in [0.15, 0.2) is 5.82 Å². The Morgan fingerprint density at radius 3 is 3.07 bits per heavy atom. The van der Waals surface area contributed by atoms with Crippen LogP contribution >= 0.6 is 0 Å². The predicted molar refractivity (Wildman–Crippen MR) is 52.5 cm³/mol. The Morgan fingerprint density at radius 2 is 2.40 bits per heavy atom. The molecular weight excluding hydrogens is 196 g/mol. The summed E-state index contributed by atoms with van der Waals surface area (Å²) in [6, 6.07) is 1.93. The fourth-order valence-electron chi connectivity index (χ4n) is 1.07. The molecule has 0 amide bonds. The van der Waals surface area contributed by atoms with Crippen LogP contribution in [0.3, 0.4) is 0 Å². The van der Waals surface area contributed by atoms with E-state index in [0.717, 1.165) is 0 Å². The summed E-state index contributed by atoms with van der Waals surface area (Å²) in [5.74, 6) is 0.790. The van der Waals surface area contributed by atoms with Gasteiger partial charge in [-0.2, -0.15) is 9.67 Å². The van der Waals surface area contributed by atoms with E-state index in [9.17, 15) is 0 Å². The second-order valence-corrected chi connectivity index (χ2v) is 2.66. The van der Waals surface area contributed by atoms with Crippen molar-refractivity contribution in [3.63, 3.8) is 0 Å². The number of anilines is 1. The first kappa shape index (κ1) is 9.38. The highest BCUT2D eigenvalue weighted by atomic mass is 16.5.